The number of hydrogen-bond acceptors (Lipinski definition) is 9. The van der Waals surface area contributed by atoms with Crippen molar-refractivity contribution in [3.63, 3.8) is 0 Å². The predicted octanol–water partition coefficient (Wildman–Crippen LogP) is 9.73. The lowest BCUT2D eigenvalue weighted by Crippen LogP contribution is -2.02. The van der Waals surface area contributed by atoms with Gasteiger partial charge in [-0.05, 0) is 132 Å². The van der Waals surface area contributed by atoms with Crippen molar-refractivity contribution in [2.75, 3.05) is 33.5 Å². The van der Waals surface area contributed by atoms with Crippen LogP contribution in [0, 0.1) is 0 Å². The monoisotopic (exact) mass is 764 g/mol. The quantitative estimate of drug-likeness (QED) is 0.0532. The van der Waals surface area contributed by atoms with E-state index in [0.717, 1.165) is 70.0 Å². The summed E-state index contributed by atoms with van der Waals surface area (Å²) in [5.74, 6) is 1.33. The molecule has 4 aromatic rings. The van der Waals surface area contributed by atoms with Crippen LogP contribution in [0.2, 0.25) is 0 Å². The molecule has 9 heteroatoms. The van der Waals surface area contributed by atoms with Gasteiger partial charge in [0.2, 0.25) is 0 Å². The smallest absolute Gasteiger partial charge is 0.330 e. The minimum atomic E-state index is -0.362. The number of rotatable bonds is 20. The summed E-state index contributed by atoms with van der Waals surface area (Å²) >= 11 is 0. The molecule has 0 spiro atoms. The highest BCUT2D eigenvalue weighted by atomic mass is 16.5. The second kappa shape index (κ2) is 26.9. The highest BCUT2D eigenvalue weighted by Gasteiger charge is 2.26. The number of esters is 2. The fraction of sp³-hybridized carbons (Fsp3) is 0.319. The summed E-state index contributed by atoms with van der Waals surface area (Å²) in [6.07, 6.45) is 10.1. The minimum Gasteiger partial charge on any atom is -0.494 e. The average Bonchev–Trinajstić information content (AvgIpc) is 3.54. The molecule has 0 unspecified atom stereocenters. The van der Waals surface area contributed by atoms with Gasteiger partial charge >= 0.3 is 11.9 Å². The maximum absolute atomic E-state index is 11.1. The largest absolute Gasteiger partial charge is 0.494 e. The summed E-state index contributed by atoms with van der Waals surface area (Å²) in [6.45, 7) is 15.3. The molecule has 0 amide bonds. The van der Waals surface area contributed by atoms with E-state index >= 15 is 0 Å². The summed E-state index contributed by atoms with van der Waals surface area (Å²) in [4.78, 5) is 38.2. The van der Waals surface area contributed by atoms with Gasteiger partial charge in [0.1, 0.15) is 25.1 Å². The number of carbonyl (C=O) groups excluding carboxylic acids is 4. The van der Waals surface area contributed by atoms with Gasteiger partial charge < -0.3 is 33.6 Å². The molecule has 4 aromatic carbocycles. The van der Waals surface area contributed by atoms with Crippen molar-refractivity contribution in [3.8, 4) is 44.9 Å². The van der Waals surface area contributed by atoms with Crippen molar-refractivity contribution in [2.45, 2.75) is 64.2 Å². The highest BCUT2D eigenvalue weighted by Crippen LogP contribution is 2.47. The van der Waals surface area contributed by atoms with Gasteiger partial charge in [0.15, 0.2) is 0 Å². The average molecular weight is 765 g/mol. The Bertz CT molecular complexity index is 1650. The lowest BCUT2D eigenvalue weighted by atomic mass is 9.94. The summed E-state index contributed by atoms with van der Waals surface area (Å²) < 4.78 is 22.0. The fourth-order valence-corrected chi connectivity index (χ4v) is 6.31. The van der Waals surface area contributed by atoms with Gasteiger partial charge in [-0.2, -0.15) is 0 Å². The molecule has 298 valence electrons. The molecule has 5 rings (SSSR count). The highest BCUT2D eigenvalue weighted by molar-refractivity contribution is 5.84. The molecule has 1 aliphatic rings. The molecule has 1 aliphatic carbocycles. The third-order valence-corrected chi connectivity index (χ3v) is 9.14. The Balaban J connectivity index is 0.00000172. The van der Waals surface area contributed by atoms with Gasteiger partial charge in [-0.3, -0.25) is 0 Å². The predicted molar refractivity (Wildman–Crippen MR) is 223 cm³/mol. The van der Waals surface area contributed by atoms with Crippen LogP contribution in [-0.2, 0) is 28.7 Å². The molecule has 0 atom stereocenters. The Labute approximate surface area is 332 Å². The van der Waals surface area contributed by atoms with Crippen LogP contribution in [0.15, 0.2) is 110 Å². The van der Waals surface area contributed by atoms with E-state index in [-0.39, 0.29) is 11.9 Å². The van der Waals surface area contributed by atoms with Crippen LogP contribution in [0.5, 0.6) is 11.5 Å². The molecule has 9 nitrogen and oxygen atoms in total. The number of unbranched alkanes of at least 4 members (excludes halogenated alkanes) is 6. The molecule has 0 bridgehead atoms. The summed E-state index contributed by atoms with van der Waals surface area (Å²) in [5.41, 5.74) is 10.1. The van der Waals surface area contributed by atoms with Crippen LogP contribution in [0.3, 0.4) is 0 Å². The van der Waals surface area contributed by atoms with Crippen LogP contribution >= 0.6 is 0 Å². The molecule has 0 radical (unpaired) electrons. The van der Waals surface area contributed by atoms with Crippen LogP contribution in [-0.4, -0.2) is 64.2 Å². The molecular formula is C47H56O9. The van der Waals surface area contributed by atoms with E-state index in [1.807, 2.05) is 37.8 Å². The van der Waals surface area contributed by atoms with E-state index in [1.54, 1.807) is 0 Å². The van der Waals surface area contributed by atoms with E-state index in [2.05, 4.69) is 80.7 Å². The van der Waals surface area contributed by atoms with Crippen molar-refractivity contribution in [3.05, 3.63) is 121 Å². The molecule has 0 fully saturated rings. The van der Waals surface area contributed by atoms with Crippen LogP contribution in [0.1, 0.15) is 75.3 Å². The van der Waals surface area contributed by atoms with Gasteiger partial charge in [0.25, 0.3) is 0 Å². The van der Waals surface area contributed by atoms with Crippen molar-refractivity contribution >= 4 is 25.5 Å². The Morgan fingerprint density at radius 2 is 0.839 bits per heavy atom. The Kier molecular flexibility index (Phi) is 22.3. The topological polar surface area (TPSA) is 125 Å². The van der Waals surface area contributed by atoms with Gasteiger partial charge in [0, 0.05) is 25.2 Å². The van der Waals surface area contributed by atoms with E-state index in [9.17, 15) is 9.59 Å². The second-order valence-corrected chi connectivity index (χ2v) is 12.6. The molecule has 0 heterocycles. The van der Waals surface area contributed by atoms with Crippen molar-refractivity contribution in [2.24, 2.45) is 0 Å². The molecule has 0 saturated heterocycles. The lowest BCUT2D eigenvalue weighted by molar-refractivity contribution is -0.138. The van der Waals surface area contributed by atoms with E-state index in [0.29, 0.717) is 32.3 Å². The van der Waals surface area contributed by atoms with Crippen molar-refractivity contribution in [1.82, 2.24) is 0 Å². The number of ether oxygens (including phenoxy) is 4. The Morgan fingerprint density at radius 1 is 0.518 bits per heavy atom. The van der Waals surface area contributed by atoms with Crippen LogP contribution in [0.4, 0.5) is 0 Å². The molecular weight excluding hydrogens is 709 g/mol. The number of benzene rings is 4. The van der Waals surface area contributed by atoms with Crippen molar-refractivity contribution < 1.29 is 43.2 Å². The molecule has 0 aliphatic heterocycles. The summed E-state index contributed by atoms with van der Waals surface area (Å²) in [5, 5.41) is 7.00. The number of fused-ring (bicyclic) bond motifs is 3. The zero-order chi connectivity index (χ0) is 41.1. The normalized spacial score (nSPS) is 10.7. The van der Waals surface area contributed by atoms with Crippen molar-refractivity contribution in [1.29, 1.82) is 0 Å². The maximum atomic E-state index is 11.1. The molecule has 1 N–H and O–H groups in total. The van der Waals surface area contributed by atoms with Gasteiger partial charge in [-0.25, -0.2) is 9.59 Å². The number of aliphatic hydroxyl groups excluding tert-OH is 1. The Hall–Kier alpha value is -5.80. The first kappa shape index (κ1) is 46.4. The van der Waals surface area contributed by atoms with Crippen LogP contribution < -0.4 is 9.47 Å². The third-order valence-electron chi connectivity index (χ3n) is 9.14. The fourth-order valence-electron chi connectivity index (χ4n) is 6.31. The first-order valence-electron chi connectivity index (χ1n) is 18.8. The second-order valence-electron chi connectivity index (χ2n) is 12.6. The van der Waals surface area contributed by atoms with E-state index in [1.165, 1.54) is 56.7 Å². The SMILES string of the molecule is C=CC(=O)OCCCCCCOc1ccc(-c2ccc3c(c2)C(C)c2cc(-c4ccc(OCCCCCCOC(=O)C=C)cc4)ccc2-3)cc1.C=O.C=O.CO. The zero-order valence-electron chi connectivity index (χ0n) is 32.8. The zero-order valence-corrected chi connectivity index (χ0v) is 32.8. The lowest BCUT2D eigenvalue weighted by Gasteiger charge is -2.11. The Morgan fingerprint density at radius 3 is 1.18 bits per heavy atom. The molecule has 56 heavy (non-hydrogen) atoms. The first-order valence-corrected chi connectivity index (χ1v) is 18.8. The number of aliphatic hydroxyl groups is 1. The van der Waals surface area contributed by atoms with Gasteiger partial charge in [-0.15, -0.1) is 0 Å². The first-order chi connectivity index (χ1) is 27.5. The van der Waals surface area contributed by atoms with E-state index < -0.39 is 0 Å². The van der Waals surface area contributed by atoms with E-state index in [4.69, 9.17) is 33.6 Å². The maximum Gasteiger partial charge on any atom is 0.330 e. The summed E-state index contributed by atoms with van der Waals surface area (Å²) in [6, 6.07) is 30.4. The number of carbonyl (C=O) groups is 4. The standard InChI is InChI=1S/C44H48O6.CH4O.2CH2O/c1-4-43(45)49-28-12-8-6-10-26-47-37-20-14-33(15-21-37)35-18-24-39-40-25-19-36(31-42(40)32(3)41(39)30-35)34-16-22-38(23-17-34)48-27-11-7-9-13-29-50-44(46)5-2;3*1-2/h4-5,14-25,30-32H,1-2,6-13,26-29H2,3H3;2H,1H3;2*1H2. The number of hydrogen-bond donors (Lipinski definition) is 1. The van der Waals surface area contributed by atoms with Gasteiger partial charge in [0.05, 0.1) is 26.4 Å². The minimum absolute atomic E-state index is 0.299. The molecule has 0 aromatic heterocycles. The molecule has 0 saturated carbocycles. The van der Waals surface area contributed by atoms with Crippen LogP contribution in [0.25, 0.3) is 33.4 Å². The summed E-state index contributed by atoms with van der Waals surface area (Å²) in [7, 11) is 1.00. The van der Waals surface area contributed by atoms with Gasteiger partial charge in [-0.1, -0.05) is 68.6 Å². The third kappa shape index (κ3) is 14.5.